The normalized spacial score (nSPS) is 12.7. The van der Waals surface area contributed by atoms with Gasteiger partial charge in [0.15, 0.2) is 4.77 Å². The highest BCUT2D eigenvalue weighted by atomic mass is 32.1. The lowest BCUT2D eigenvalue weighted by atomic mass is 10.2. The van der Waals surface area contributed by atoms with Crippen LogP contribution in [0.1, 0.15) is 19.4 Å². The predicted octanol–water partition coefficient (Wildman–Crippen LogP) is 1.50. The Kier molecular flexibility index (Phi) is 4.03. The zero-order valence-electron chi connectivity index (χ0n) is 8.32. The quantitative estimate of drug-likeness (QED) is 0.773. The third-order valence-electron chi connectivity index (χ3n) is 2.07. The summed E-state index contributed by atoms with van der Waals surface area (Å²) in [5, 5.41) is 0. The van der Waals surface area contributed by atoms with E-state index in [1.165, 1.54) is 6.07 Å². The molecule has 0 aliphatic heterocycles. The monoisotopic (exact) mass is 214 g/mol. The number of aromatic amines is 1. The fraction of sp³-hybridized carbons (Fsp3) is 0.556. The summed E-state index contributed by atoms with van der Waals surface area (Å²) in [5.41, 5.74) is -0.162. The van der Waals surface area contributed by atoms with Crippen molar-refractivity contribution in [1.82, 2.24) is 9.55 Å². The van der Waals surface area contributed by atoms with Crippen molar-refractivity contribution in [2.24, 2.45) is 0 Å². The molecule has 4 nitrogen and oxygen atoms in total. The number of H-pyrrole nitrogens is 1. The average molecular weight is 214 g/mol. The molecule has 1 unspecified atom stereocenters. The fourth-order valence-electron chi connectivity index (χ4n) is 1.20. The lowest BCUT2D eigenvalue weighted by Crippen LogP contribution is -2.15. The van der Waals surface area contributed by atoms with Gasteiger partial charge in [0.1, 0.15) is 0 Å². The standard InChI is InChI=1S/C9H14N2O2S/c1-7(4-6-13-2)11-5-3-8(12)10-9(11)14/h3,5,7H,4,6H2,1-2H3,(H,10,12,14). The minimum atomic E-state index is -0.162. The second-order valence-electron chi connectivity index (χ2n) is 3.15. The Bertz CT molecular complexity index is 396. The topological polar surface area (TPSA) is 47.0 Å². The molecule has 1 atom stereocenters. The Balaban J connectivity index is 2.85. The van der Waals surface area contributed by atoms with E-state index in [0.717, 1.165) is 6.42 Å². The van der Waals surface area contributed by atoms with E-state index in [-0.39, 0.29) is 11.6 Å². The van der Waals surface area contributed by atoms with Gasteiger partial charge in [0.2, 0.25) is 0 Å². The van der Waals surface area contributed by atoms with Gasteiger partial charge in [-0.2, -0.15) is 0 Å². The van der Waals surface area contributed by atoms with Crippen molar-refractivity contribution in [3.05, 3.63) is 27.4 Å². The van der Waals surface area contributed by atoms with Crippen LogP contribution in [0.4, 0.5) is 0 Å². The van der Waals surface area contributed by atoms with Gasteiger partial charge in [0.25, 0.3) is 5.56 Å². The number of nitrogens with zero attached hydrogens (tertiary/aromatic N) is 1. The van der Waals surface area contributed by atoms with Crippen LogP contribution >= 0.6 is 12.2 Å². The van der Waals surface area contributed by atoms with Gasteiger partial charge in [0, 0.05) is 32.0 Å². The van der Waals surface area contributed by atoms with Gasteiger partial charge in [-0.3, -0.25) is 9.78 Å². The van der Waals surface area contributed by atoms with Crippen LogP contribution < -0.4 is 5.56 Å². The highest BCUT2D eigenvalue weighted by Crippen LogP contribution is 2.09. The minimum Gasteiger partial charge on any atom is -0.385 e. The van der Waals surface area contributed by atoms with Gasteiger partial charge >= 0.3 is 0 Å². The Hall–Kier alpha value is -0.940. The molecule has 0 saturated heterocycles. The molecule has 78 valence electrons. The molecule has 0 fully saturated rings. The van der Waals surface area contributed by atoms with E-state index in [9.17, 15) is 4.79 Å². The van der Waals surface area contributed by atoms with Crippen LogP contribution in [-0.4, -0.2) is 23.3 Å². The molecular formula is C9H14N2O2S. The Labute approximate surface area is 87.5 Å². The van der Waals surface area contributed by atoms with Crippen molar-refractivity contribution in [3.8, 4) is 0 Å². The first kappa shape index (κ1) is 11.1. The first-order chi connectivity index (χ1) is 6.65. The molecule has 0 aromatic carbocycles. The Morgan fingerprint density at radius 1 is 1.71 bits per heavy atom. The molecule has 1 rings (SSSR count). The summed E-state index contributed by atoms with van der Waals surface area (Å²) in [4.78, 5) is 13.5. The van der Waals surface area contributed by atoms with Crippen molar-refractivity contribution in [2.45, 2.75) is 19.4 Å². The molecule has 0 radical (unpaired) electrons. The second-order valence-corrected chi connectivity index (χ2v) is 3.53. The zero-order chi connectivity index (χ0) is 10.6. The van der Waals surface area contributed by atoms with Gasteiger partial charge in [-0.15, -0.1) is 0 Å². The zero-order valence-corrected chi connectivity index (χ0v) is 9.13. The Morgan fingerprint density at radius 2 is 2.43 bits per heavy atom. The predicted molar refractivity (Wildman–Crippen MR) is 57.1 cm³/mol. The van der Waals surface area contributed by atoms with E-state index in [4.69, 9.17) is 17.0 Å². The van der Waals surface area contributed by atoms with Crippen molar-refractivity contribution < 1.29 is 4.74 Å². The van der Waals surface area contributed by atoms with Crippen molar-refractivity contribution >= 4 is 12.2 Å². The molecule has 0 spiro atoms. The van der Waals surface area contributed by atoms with E-state index >= 15 is 0 Å². The van der Waals surface area contributed by atoms with Crippen LogP contribution in [0, 0.1) is 4.77 Å². The molecule has 14 heavy (non-hydrogen) atoms. The number of nitrogens with one attached hydrogen (secondary N) is 1. The first-order valence-corrected chi connectivity index (χ1v) is 4.86. The van der Waals surface area contributed by atoms with Gasteiger partial charge in [-0.1, -0.05) is 0 Å². The summed E-state index contributed by atoms with van der Waals surface area (Å²) in [5.74, 6) is 0. The van der Waals surface area contributed by atoms with E-state index in [1.807, 2.05) is 11.5 Å². The maximum Gasteiger partial charge on any atom is 0.251 e. The van der Waals surface area contributed by atoms with E-state index in [1.54, 1.807) is 13.3 Å². The van der Waals surface area contributed by atoms with Gasteiger partial charge in [-0.25, -0.2) is 0 Å². The van der Waals surface area contributed by atoms with Crippen LogP contribution in [0.25, 0.3) is 0 Å². The molecule has 0 aliphatic rings. The van der Waals surface area contributed by atoms with Crippen molar-refractivity contribution in [3.63, 3.8) is 0 Å². The van der Waals surface area contributed by atoms with Crippen molar-refractivity contribution in [1.29, 1.82) is 0 Å². The van der Waals surface area contributed by atoms with Gasteiger partial charge < -0.3 is 9.30 Å². The summed E-state index contributed by atoms with van der Waals surface area (Å²) < 4.78 is 7.29. The molecule has 1 aromatic heterocycles. The number of aromatic nitrogens is 2. The van der Waals surface area contributed by atoms with E-state index in [0.29, 0.717) is 11.4 Å². The number of hydrogen-bond donors (Lipinski definition) is 1. The molecule has 1 N–H and O–H groups in total. The third kappa shape index (κ3) is 2.78. The van der Waals surface area contributed by atoms with Crippen LogP contribution in [-0.2, 0) is 4.74 Å². The lowest BCUT2D eigenvalue weighted by Gasteiger charge is -2.14. The first-order valence-electron chi connectivity index (χ1n) is 4.45. The number of methoxy groups -OCH3 is 1. The van der Waals surface area contributed by atoms with E-state index < -0.39 is 0 Å². The SMILES string of the molecule is COCCC(C)n1ccc(=O)[nH]c1=S. The Morgan fingerprint density at radius 3 is 3.00 bits per heavy atom. The molecule has 1 heterocycles. The largest absolute Gasteiger partial charge is 0.385 e. The fourth-order valence-corrected chi connectivity index (χ4v) is 1.54. The van der Waals surface area contributed by atoms with Gasteiger partial charge in [0.05, 0.1) is 0 Å². The number of ether oxygens (including phenoxy) is 1. The molecule has 0 saturated carbocycles. The summed E-state index contributed by atoms with van der Waals surface area (Å²) in [6.45, 7) is 2.72. The van der Waals surface area contributed by atoms with Crippen molar-refractivity contribution in [2.75, 3.05) is 13.7 Å². The molecule has 0 bridgehead atoms. The minimum absolute atomic E-state index is 0.162. The summed E-state index contributed by atoms with van der Waals surface area (Å²) in [7, 11) is 1.67. The van der Waals surface area contributed by atoms with Crippen LogP contribution in [0.5, 0.6) is 0 Å². The highest BCUT2D eigenvalue weighted by molar-refractivity contribution is 7.71. The molecule has 0 aliphatic carbocycles. The molecule has 5 heteroatoms. The molecule has 0 amide bonds. The van der Waals surface area contributed by atoms with E-state index in [2.05, 4.69) is 4.98 Å². The van der Waals surface area contributed by atoms with Crippen LogP contribution in [0.3, 0.4) is 0 Å². The summed E-state index contributed by atoms with van der Waals surface area (Å²) in [6.07, 6.45) is 2.58. The number of rotatable bonds is 4. The summed E-state index contributed by atoms with van der Waals surface area (Å²) >= 11 is 5.03. The maximum atomic E-state index is 10.9. The third-order valence-corrected chi connectivity index (χ3v) is 2.38. The maximum absolute atomic E-state index is 10.9. The lowest BCUT2D eigenvalue weighted by molar-refractivity contribution is 0.180. The molecule has 1 aromatic rings. The second kappa shape index (κ2) is 5.07. The van der Waals surface area contributed by atoms with Crippen LogP contribution in [0.2, 0.25) is 0 Å². The number of hydrogen-bond acceptors (Lipinski definition) is 3. The highest BCUT2D eigenvalue weighted by Gasteiger charge is 2.03. The molecular weight excluding hydrogens is 200 g/mol. The smallest absolute Gasteiger partial charge is 0.251 e. The summed E-state index contributed by atoms with van der Waals surface area (Å²) in [6, 6.07) is 1.71. The average Bonchev–Trinajstić information content (AvgIpc) is 2.14. The van der Waals surface area contributed by atoms with Crippen LogP contribution in [0.15, 0.2) is 17.1 Å². The van der Waals surface area contributed by atoms with Gasteiger partial charge in [-0.05, 0) is 25.6 Å².